The molecule has 1 atom stereocenters. The summed E-state index contributed by atoms with van der Waals surface area (Å²) in [4.78, 5) is 27.6. The van der Waals surface area contributed by atoms with Crippen molar-refractivity contribution in [2.75, 3.05) is 5.32 Å². The molecule has 0 saturated carbocycles. The van der Waals surface area contributed by atoms with Crippen molar-refractivity contribution in [2.45, 2.75) is 26.2 Å². The summed E-state index contributed by atoms with van der Waals surface area (Å²) in [6, 6.07) is 18.9. The Kier molecular flexibility index (Phi) is 5.49. The molecule has 0 bridgehead atoms. The first-order chi connectivity index (χ1) is 15.0. The average Bonchev–Trinajstić information content (AvgIpc) is 3.22. The Morgan fingerprint density at radius 1 is 1.13 bits per heavy atom. The SMILES string of the molecule is CCC(C)c1ccc2oc(-c3ccc(NC(=O)c4ccccc4[N+](=O)[O-])cc3)nc2c1. The van der Waals surface area contributed by atoms with Crippen LogP contribution in [-0.4, -0.2) is 15.8 Å². The second kappa shape index (κ2) is 8.39. The predicted molar refractivity (Wildman–Crippen MR) is 119 cm³/mol. The lowest BCUT2D eigenvalue weighted by atomic mass is 9.98. The summed E-state index contributed by atoms with van der Waals surface area (Å²) in [7, 11) is 0. The zero-order valence-corrected chi connectivity index (χ0v) is 17.2. The van der Waals surface area contributed by atoms with E-state index in [1.54, 1.807) is 30.3 Å². The smallest absolute Gasteiger partial charge is 0.282 e. The molecule has 31 heavy (non-hydrogen) atoms. The lowest BCUT2D eigenvalue weighted by Crippen LogP contribution is -2.13. The highest BCUT2D eigenvalue weighted by molar-refractivity contribution is 6.07. The van der Waals surface area contributed by atoms with E-state index < -0.39 is 10.8 Å². The third kappa shape index (κ3) is 4.16. The van der Waals surface area contributed by atoms with E-state index in [1.165, 1.54) is 23.8 Å². The molecule has 0 aliphatic carbocycles. The Hall–Kier alpha value is -4.00. The largest absolute Gasteiger partial charge is 0.436 e. The maximum atomic E-state index is 12.5. The topological polar surface area (TPSA) is 98.3 Å². The predicted octanol–water partition coefficient (Wildman–Crippen LogP) is 6.17. The van der Waals surface area contributed by atoms with Gasteiger partial charge in [0, 0.05) is 17.3 Å². The molecule has 0 spiro atoms. The first-order valence-electron chi connectivity index (χ1n) is 10.0. The molecule has 0 aliphatic heterocycles. The monoisotopic (exact) mass is 415 g/mol. The van der Waals surface area contributed by atoms with Gasteiger partial charge in [0.2, 0.25) is 5.89 Å². The van der Waals surface area contributed by atoms with E-state index in [0.717, 1.165) is 23.1 Å². The van der Waals surface area contributed by atoms with Gasteiger partial charge in [-0.25, -0.2) is 4.98 Å². The number of fused-ring (bicyclic) bond motifs is 1. The van der Waals surface area contributed by atoms with E-state index in [0.29, 0.717) is 17.5 Å². The number of carbonyl (C=O) groups is 1. The number of nitrogens with one attached hydrogen (secondary N) is 1. The maximum absolute atomic E-state index is 12.5. The van der Waals surface area contributed by atoms with Crippen molar-refractivity contribution in [2.24, 2.45) is 0 Å². The molecular formula is C24H21N3O4. The van der Waals surface area contributed by atoms with Crippen LogP contribution in [0.25, 0.3) is 22.6 Å². The molecule has 1 N–H and O–H groups in total. The minimum atomic E-state index is -0.572. The van der Waals surface area contributed by atoms with E-state index in [1.807, 2.05) is 6.07 Å². The number of nitro groups is 1. The number of amides is 1. The van der Waals surface area contributed by atoms with Gasteiger partial charge in [-0.15, -0.1) is 0 Å². The summed E-state index contributed by atoms with van der Waals surface area (Å²) in [5.41, 5.74) is 3.81. The number of nitrogens with zero attached hydrogens (tertiary/aromatic N) is 2. The Morgan fingerprint density at radius 3 is 2.58 bits per heavy atom. The van der Waals surface area contributed by atoms with Crippen LogP contribution in [0.1, 0.15) is 42.1 Å². The molecule has 0 aliphatic rings. The van der Waals surface area contributed by atoms with Crippen LogP contribution in [0.5, 0.6) is 0 Å². The third-order valence-corrected chi connectivity index (χ3v) is 5.33. The minimum absolute atomic E-state index is 0.00707. The van der Waals surface area contributed by atoms with Gasteiger partial charge in [-0.3, -0.25) is 14.9 Å². The average molecular weight is 415 g/mol. The number of benzene rings is 3. The summed E-state index contributed by atoms with van der Waals surface area (Å²) < 4.78 is 5.88. The Labute approximate surface area is 178 Å². The molecule has 7 heteroatoms. The first-order valence-corrected chi connectivity index (χ1v) is 10.0. The molecular weight excluding hydrogens is 394 g/mol. The van der Waals surface area contributed by atoms with Gasteiger partial charge in [0.15, 0.2) is 5.58 Å². The van der Waals surface area contributed by atoms with Crippen molar-refractivity contribution in [3.63, 3.8) is 0 Å². The molecule has 1 unspecified atom stereocenters. The number of anilines is 1. The van der Waals surface area contributed by atoms with Gasteiger partial charge < -0.3 is 9.73 Å². The Balaban J connectivity index is 1.55. The summed E-state index contributed by atoms with van der Waals surface area (Å²) in [6.45, 7) is 4.33. The van der Waals surface area contributed by atoms with Crippen LogP contribution in [0.2, 0.25) is 0 Å². The summed E-state index contributed by atoms with van der Waals surface area (Å²) in [6.07, 6.45) is 1.05. The second-order valence-corrected chi connectivity index (χ2v) is 7.36. The van der Waals surface area contributed by atoms with Crippen molar-refractivity contribution in [1.29, 1.82) is 0 Å². The Morgan fingerprint density at radius 2 is 1.87 bits per heavy atom. The van der Waals surface area contributed by atoms with Gasteiger partial charge in [-0.2, -0.15) is 0 Å². The van der Waals surface area contributed by atoms with Crippen LogP contribution in [-0.2, 0) is 0 Å². The van der Waals surface area contributed by atoms with Gasteiger partial charge in [-0.05, 0) is 60.4 Å². The van der Waals surface area contributed by atoms with Crippen LogP contribution in [0, 0.1) is 10.1 Å². The van der Waals surface area contributed by atoms with E-state index in [2.05, 4.69) is 36.3 Å². The highest BCUT2D eigenvalue weighted by atomic mass is 16.6. The fourth-order valence-corrected chi connectivity index (χ4v) is 3.33. The maximum Gasteiger partial charge on any atom is 0.282 e. The fraction of sp³-hybridized carbons (Fsp3) is 0.167. The van der Waals surface area contributed by atoms with E-state index in [9.17, 15) is 14.9 Å². The number of hydrogen-bond donors (Lipinski definition) is 1. The molecule has 1 amide bonds. The van der Waals surface area contributed by atoms with Crippen molar-refractivity contribution in [3.8, 4) is 11.5 Å². The lowest BCUT2D eigenvalue weighted by molar-refractivity contribution is -0.385. The lowest BCUT2D eigenvalue weighted by Gasteiger charge is -2.07. The van der Waals surface area contributed by atoms with Crippen molar-refractivity contribution < 1.29 is 14.1 Å². The highest BCUT2D eigenvalue weighted by Gasteiger charge is 2.19. The standard InChI is InChI=1S/C24H21N3O4/c1-3-15(2)17-10-13-22-20(14-17)26-24(31-22)16-8-11-18(12-9-16)25-23(28)19-6-4-5-7-21(19)27(29)30/h4-15H,3H2,1-2H3,(H,25,28). The van der Waals surface area contributed by atoms with Gasteiger partial charge >= 0.3 is 0 Å². The number of oxazole rings is 1. The number of nitro benzene ring substituents is 1. The molecule has 4 rings (SSSR count). The van der Waals surface area contributed by atoms with Gasteiger partial charge in [0.05, 0.1) is 4.92 Å². The molecule has 0 fully saturated rings. The first kappa shape index (κ1) is 20.3. The molecule has 0 radical (unpaired) electrons. The zero-order valence-electron chi connectivity index (χ0n) is 17.2. The van der Waals surface area contributed by atoms with Crippen molar-refractivity contribution in [3.05, 3.63) is 88.0 Å². The molecule has 7 nitrogen and oxygen atoms in total. The van der Waals surface area contributed by atoms with E-state index in [-0.39, 0.29) is 11.3 Å². The quantitative estimate of drug-likeness (QED) is 0.300. The molecule has 156 valence electrons. The molecule has 3 aromatic carbocycles. The molecule has 4 aromatic rings. The van der Waals surface area contributed by atoms with Crippen molar-refractivity contribution >= 4 is 28.4 Å². The number of carbonyl (C=O) groups excluding carboxylic acids is 1. The summed E-state index contributed by atoms with van der Waals surface area (Å²) in [5, 5.41) is 13.8. The zero-order chi connectivity index (χ0) is 22.0. The van der Waals surface area contributed by atoms with Gasteiger partial charge in [0.1, 0.15) is 11.1 Å². The molecule has 1 heterocycles. The Bertz CT molecular complexity index is 1260. The number of hydrogen-bond acceptors (Lipinski definition) is 5. The van der Waals surface area contributed by atoms with Crippen LogP contribution < -0.4 is 5.32 Å². The molecule has 1 aromatic heterocycles. The van der Waals surface area contributed by atoms with Crippen LogP contribution >= 0.6 is 0 Å². The third-order valence-electron chi connectivity index (χ3n) is 5.33. The van der Waals surface area contributed by atoms with Crippen LogP contribution in [0.4, 0.5) is 11.4 Å². The molecule has 0 saturated heterocycles. The number of aromatic nitrogens is 1. The van der Waals surface area contributed by atoms with E-state index >= 15 is 0 Å². The van der Waals surface area contributed by atoms with E-state index in [4.69, 9.17) is 4.42 Å². The van der Waals surface area contributed by atoms with Gasteiger partial charge in [0.25, 0.3) is 11.6 Å². The van der Waals surface area contributed by atoms with Crippen molar-refractivity contribution in [1.82, 2.24) is 4.98 Å². The normalized spacial score (nSPS) is 11.9. The summed E-state index contributed by atoms with van der Waals surface area (Å²) >= 11 is 0. The number of para-hydroxylation sites is 1. The van der Waals surface area contributed by atoms with Crippen LogP contribution in [0.15, 0.2) is 71.1 Å². The highest BCUT2D eigenvalue weighted by Crippen LogP contribution is 2.29. The van der Waals surface area contributed by atoms with Crippen LogP contribution in [0.3, 0.4) is 0 Å². The summed E-state index contributed by atoms with van der Waals surface area (Å²) in [5.74, 6) is 0.403. The minimum Gasteiger partial charge on any atom is -0.436 e. The second-order valence-electron chi connectivity index (χ2n) is 7.36. The number of rotatable bonds is 6. The fourth-order valence-electron chi connectivity index (χ4n) is 3.33. The van der Waals surface area contributed by atoms with Gasteiger partial charge in [-0.1, -0.05) is 32.0 Å².